The van der Waals surface area contributed by atoms with Crippen LogP contribution >= 0.6 is 0 Å². The van der Waals surface area contributed by atoms with Gasteiger partial charge in [-0.15, -0.1) is 0 Å². The molecule has 0 amide bonds. The second-order valence-electron chi connectivity index (χ2n) is 1.93. The lowest BCUT2D eigenvalue weighted by Gasteiger charge is -1.76. The molecule has 2 rings (SSSR count). The van der Waals surface area contributed by atoms with Crippen LogP contribution in [0.15, 0.2) is 0 Å². The maximum absolute atomic E-state index is 4.94. The molecule has 2 heterocycles. The van der Waals surface area contributed by atoms with Crippen LogP contribution in [-0.4, -0.2) is 26.4 Å². The third-order valence-corrected chi connectivity index (χ3v) is 1.03. The van der Waals surface area contributed by atoms with Crippen LogP contribution in [0.2, 0.25) is 0 Å². The maximum Gasteiger partial charge on any atom is 0.0701 e. The predicted molar refractivity (Wildman–Crippen MR) is 42.2 cm³/mol. The van der Waals surface area contributed by atoms with Crippen LogP contribution in [0, 0.1) is 0 Å². The van der Waals surface area contributed by atoms with Crippen molar-refractivity contribution in [2.45, 2.75) is 26.7 Å². The van der Waals surface area contributed by atoms with Gasteiger partial charge in [-0.2, -0.15) is 0 Å². The monoisotopic (exact) mass is 146 g/mol. The summed E-state index contributed by atoms with van der Waals surface area (Å²) < 4.78 is 9.44. The molecule has 2 heteroatoms. The van der Waals surface area contributed by atoms with Crippen molar-refractivity contribution in [2.75, 3.05) is 26.4 Å². The summed E-state index contributed by atoms with van der Waals surface area (Å²) in [6.07, 6.45) is 2.56. The van der Waals surface area contributed by atoms with E-state index in [1.165, 1.54) is 12.8 Å². The van der Waals surface area contributed by atoms with E-state index in [0.29, 0.717) is 0 Å². The molecule has 0 unspecified atom stereocenters. The van der Waals surface area contributed by atoms with Crippen LogP contribution in [0.5, 0.6) is 0 Å². The van der Waals surface area contributed by atoms with Crippen LogP contribution in [0.25, 0.3) is 0 Å². The Morgan fingerprint density at radius 3 is 1.20 bits per heavy atom. The van der Waals surface area contributed by atoms with Crippen LogP contribution in [-0.2, 0) is 9.47 Å². The lowest BCUT2D eigenvalue weighted by Crippen LogP contribution is -1.74. The number of rotatable bonds is 0. The zero-order chi connectivity index (χ0) is 7.66. The van der Waals surface area contributed by atoms with E-state index in [1.807, 2.05) is 13.8 Å². The summed E-state index contributed by atoms with van der Waals surface area (Å²) in [6.45, 7) is 8.00. The van der Waals surface area contributed by atoms with Crippen LogP contribution < -0.4 is 0 Å². The van der Waals surface area contributed by atoms with E-state index in [2.05, 4.69) is 4.74 Å². The quantitative estimate of drug-likeness (QED) is 0.486. The number of ether oxygens (including phenoxy) is 2. The van der Waals surface area contributed by atoms with Crippen LogP contribution in [0.4, 0.5) is 0 Å². The minimum Gasteiger partial charge on any atom is -0.381 e. The van der Waals surface area contributed by atoms with Gasteiger partial charge in [0.15, 0.2) is 0 Å². The molecule has 0 bridgehead atoms. The summed E-state index contributed by atoms with van der Waals surface area (Å²) in [7, 11) is 0. The van der Waals surface area contributed by atoms with Crippen molar-refractivity contribution in [3.63, 3.8) is 0 Å². The molecule has 2 saturated heterocycles. The van der Waals surface area contributed by atoms with Crippen molar-refractivity contribution < 1.29 is 9.47 Å². The average molecular weight is 146 g/mol. The Kier molecular flexibility index (Phi) is 8.85. The van der Waals surface area contributed by atoms with Crippen molar-refractivity contribution in [2.24, 2.45) is 0 Å². The second kappa shape index (κ2) is 8.92. The summed E-state index contributed by atoms with van der Waals surface area (Å²) >= 11 is 0. The summed E-state index contributed by atoms with van der Waals surface area (Å²) in [5.41, 5.74) is 0. The van der Waals surface area contributed by atoms with Crippen molar-refractivity contribution in [3.8, 4) is 0 Å². The van der Waals surface area contributed by atoms with E-state index in [-0.39, 0.29) is 0 Å². The zero-order valence-electron chi connectivity index (χ0n) is 7.06. The number of hydrogen-bond acceptors (Lipinski definition) is 2. The minimum absolute atomic E-state index is 1.00. The molecule has 62 valence electrons. The van der Waals surface area contributed by atoms with E-state index < -0.39 is 0 Å². The van der Waals surface area contributed by atoms with E-state index >= 15 is 0 Å². The predicted octanol–water partition coefficient (Wildman–Crippen LogP) is 1.84. The highest BCUT2D eigenvalue weighted by molar-refractivity contribution is 4.43. The first-order chi connectivity index (χ1) is 5.00. The highest BCUT2D eigenvalue weighted by atomic mass is 16.6. The molecule has 0 aromatic carbocycles. The van der Waals surface area contributed by atoms with Crippen LogP contribution in [0.1, 0.15) is 26.7 Å². The molecular formula is C8H18O2. The second-order valence-corrected chi connectivity index (χ2v) is 1.93. The van der Waals surface area contributed by atoms with Crippen molar-refractivity contribution in [3.05, 3.63) is 0 Å². The Morgan fingerprint density at radius 1 is 0.700 bits per heavy atom. The molecule has 0 radical (unpaired) electrons. The summed E-state index contributed by atoms with van der Waals surface area (Å²) in [5.74, 6) is 0. The van der Waals surface area contributed by atoms with Crippen LogP contribution in [0.3, 0.4) is 0 Å². The molecule has 10 heavy (non-hydrogen) atoms. The normalized spacial score (nSPS) is 19.8. The third-order valence-electron chi connectivity index (χ3n) is 1.03. The Labute approximate surface area is 63.5 Å². The molecule has 0 aliphatic carbocycles. The molecule has 0 aromatic heterocycles. The topological polar surface area (TPSA) is 21.8 Å². The summed E-state index contributed by atoms with van der Waals surface area (Å²) in [6, 6.07) is 0. The first-order valence-electron chi connectivity index (χ1n) is 4.15. The molecule has 2 aliphatic heterocycles. The standard InChI is InChI=1S/C4H8O.C2H4O.C2H6/c1-2-4-5-3-1;1-2-3-1;1-2/h1-4H2;1-2H2;1-2H3. The Bertz CT molecular complexity index is 38.9. The van der Waals surface area contributed by atoms with Gasteiger partial charge in [0.1, 0.15) is 0 Å². The molecule has 2 nitrogen and oxygen atoms in total. The Morgan fingerprint density at radius 2 is 1.10 bits per heavy atom. The van der Waals surface area contributed by atoms with Gasteiger partial charge in [-0.1, -0.05) is 13.8 Å². The number of epoxide rings is 1. The smallest absolute Gasteiger partial charge is 0.0701 e. The average Bonchev–Trinajstić information content (AvgIpc) is 2.78. The lowest BCUT2D eigenvalue weighted by atomic mass is 10.4. The third kappa shape index (κ3) is 10.8. The fraction of sp³-hybridized carbons (Fsp3) is 1.00. The Balaban J connectivity index is 0.000000140. The molecule has 2 aliphatic rings. The summed E-state index contributed by atoms with van der Waals surface area (Å²) in [5, 5.41) is 0. The summed E-state index contributed by atoms with van der Waals surface area (Å²) in [4.78, 5) is 0. The molecule has 2 fully saturated rings. The van der Waals surface area contributed by atoms with Gasteiger partial charge in [0.2, 0.25) is 0 Å². The molecule has 0 atom stereocenters. The van der Waals surface area contributed by atoms with Gasteiger partial charge in [-0.3, -0.25) is 0 Å². The molecule has 0 spiro atoms. The molecular weight excluding hydrogens is 128 g/mol. The largest absolute Gasteiger partial charge is 0.381 e. The first kappa shape index (κ1) is 9.92. The van der Waals surface area contributed by atoms with Gasteiger partial charge >= 0.3 is 0 Å². The first-order valence-corrected chi connectivity index (χ1v) is 4.15. The van der Waals surface area contributed by atoms with Gasteiger partial charge in [0, 0.05) is 13.2 Å². The maximum atomic E-state index is 4.94. The van der Waals surface area contributed by atoms with E-state index in [0.717, 1.165) is 26.4 Å². The lowest BCUT2D eigenvalue weighted by molar-refractivity contribution is 0.198. The van der Waals surface area contributed by atoms with E-state index in [4.69, 9.17) is 4.74 Å². The van der Waals surface area contributed by atoms with Crippen molar-refractivity contribution in [1.29, 1.82) is 0 Å². The fourth-order valence-corrected chi connectivity index (χ4v) is 0.510. The highest BCUT2D eigenvalue weighted by Crippen LogP contribution is 1.98. The number of hydrogen-bond donors (Lipinski definition) is 0. The van der Waals surface area contributed by atoms with Gasteiger partial charge in [0.25, 0.3) is 0 Å². The van der Waals surface area contributed by atoms with Gasteiger partial charge < -0.3 is 9.47 Å². The van der Waals surface area contributed by atoms with Gasteiger partial charge in [0.05, 0.1) is 13.2 Å². The molecule has 0 aromatic rings. The minimum atomic E-state index is 1.00. The molecule has 0 N–H and O–H groups in total. The van der Waals surface area contributed by atoms with Crippen molar-refractivity contribution >= 4 is 0 Å². The van der Waals surface area contributed by atoms with Gasteiger partial charge in [-0.05, 0) is 12.8 Å². The van der Waals surface area contributed by atoms with E-state index in [1.54, 1.807) is 0 Å². The fourth-order valence-electron chi connectivity index (χ4n) is 0.510. The zero-order valence-corrected chi connectivity index (χ0v) is 7.06. The highest BCUT2D eigenvalue weighted by Gasteiger charge is 1.94. The van der Waals surface area contributed by atoms with Gasteiger partial charge in [-0.25, -0.2) is 0 Å². The SMILES string of the molecule is C1CCOC1.C1CO1.CC. The Hall–Kier alpha value is -0.0800. The van der Waals surface area contributed by atoms with E-state index in [9.17, 15) is 0 Å². The van der Waals surface area contributed by atoms with Crippen molar-refractivity contribution in [1.82, 2.24) is 0 Å². The molecule has 0 saturated carbocycles.